The molecule has 0 saturated carbocycles. The van der Waals surface area contributed by atoms with E-state index in [1.54, 1.807) is 0 Å². The second kappa shape index (κ2) is 6.54. The Kier molecular flexibility index (Phi) is 4.75. The zero-order valence-electron chi connectivity index (χ0n) is 11.2. The van der Waals surface area contributed by atoms with Gasteiger partial charge in [0.15, 0.2) is 0 Å². The van der Waals surface area contributed by atoms with E-state index in [1.165, 1.54) is 12.8 Å². The highest BCUT2D eigenvalue weighted by Gasteiger charge is 2.13. The highest BCUT2D eigenvalue weighted by Crippen LogP contribution is 2.13. The van der Waals surface area contributed by atoms with Crippen LogP contribution in [-0.2, 0) is 0 Å². The fourth-order valence-corrected chi connectivity index (χ4v) is 2.20. The van der Waals surface area contributed by atoms with Crippen molar-refractivity contribution in [3.63, 3.8) is 0 Å². The van der Waals surface area contributed by atoms with Gasteiger partial charge in [-0.15, -0.1) is 0 Å². The van der Waals surface area contributed by atoms with Crippen molar-refractivity contribution in [3.05, 3.63) is 11.8 Å². The van der Waals surface area contributed by atoms with Gasteiger partial charge in [-0.1, -0.05) is 0 Å². The standard InChI is InChI=1S/C13H22N4O/c1-3-18-12-9-10(2)16-13(17-12)15-8-6-11-5-4-7-14-11/h9,11,14H,3-8H2,1-2H3,(H,15,16,17)/t11-/m1/s1. The molecule has 0 spiro atoms. The van der Waals surface area contributed by atoms with Crippen molar-refractivity contribution in [2.75, 3.05) is 25.0 Å². The number of nitrogens with zero attached hydrogens (tertiary/aromatic N) is 2. The van der Waals surface area contributed by atoms with Gasteiger partial charge in [-0.25, -0.2) is 4.98 Å². The van der Waals surface area contributed by atoms with Gasteiger partial charge in [0.25, 0.3) is 0 Å². The van der Waals surface area contributed by atoms with Gasteiger partial charge in [0.2, 0.25) is 11.8 Å². The quantitative estimate of drug-likeness (QED) is 0.805. The Morgan fingerprint density at radius 2 is 2.39 bits per heavy atom. The topological polar surface area (TPSA) is 59.1 Å². The van der Waals surface area contributed by atoms with E-state index < -0.39 is 0 Å². The van der Waals surface area contributed by atoms with Crippen LogP contribution in [0.1, 0.15) is 31.9 Å². The van der Waals surface area contributed by atoms with Gasteiger partial charge in [-0.2, -0.15) is 4.98 Å². The van der Waals surface area contributed by atoms with E-state index >= 15 is 0 Å². The third-order valence-electron chi connectivity index (χ3n) is 3.06. The molecule has 1 aromatic heterocycles. The lowest BCUT2D eigenvalue weighted by molar-refractivity contribution is 0.326. The first-order valence-electron chi connectivity index (χ1n) is 6.73. The summed E-state index contributed by atoms with van der Waals surface area (Å²) in [7, 11) is 0. The van der Waals surface area contributed by atoms with Gasteiger partial charge in [0.05, 0.1) is 6.61 Å². The van der Waals surface area contributed by atoms with E-state index in [0.717, 1.165) is 25.2 Å². The van der Waals surface area contributed by atoms with Gasteiger partial charge < -0.3 is 15.4 Å². The molecule has 0 unspecified atom stereocenters. The molecule has 0 aromatic carbocycles. The summed E-state index contributed by atoms with van der Waals surface area (Å²) >= 11 is 0. The largest absolute Gasteiger partial charge is 0.478 e. The SMILES string of the molecule is CCOc1cc(C)nc(NCC[C@H]2CCCN2)n1. The molecule has 1 aromatic rings. The van der Waals surface area contributed by atoms with Crippen molar-refractivity contribution in [1.82, 2.24) is 15.3 Å². The summed E-state index contributed by atoms with van der Waals surface area (Å²) in [5.74, 6) is 1.31. The number of anilines is 1. The third kappa shape index (κ3) is 3.84. The smallest absolute Gasteiger partial charge is 0.226 e. The Balaban J connectivity index is 1.83. The minimum atomic E-state index is 0.627. The summed E-state index contributed by atoms with van der Waals surface area (Å²) in [6.45, 7) is 6.58. The fourth-order valence-electron chi connectivity index (χ4n) is 2.20. The molecular formula is C13H22N4O. The molecular weight excluding hydrogens is 228 g/mol. The van der Waals surface area contributed by atoms with Gasteiger partial charge in [0, 0.05) is 24.3 Å². The number of aromatic nitrogens is 2. The normalized spacial score (nSPS) is 18.9. The van der Waals surface area contributed by atoms with Crippen LogP contribution in [0.15, 0.2) is 6.07 Å². The Morgan fingerprint density at radius 3 is 3.11 bits per heavy atom. The van der Waals surface area contributed by atoms with Crippen molar-refractivity contribution < 1.29 is 4.74 Å². The van der Waals surface area contributed by atoms with Crippen molar-refractivity contribution in [3.8, 4) is 5.88 Å². The van der Waals surface area contributed by atoms with Crippen LogP contribution >= 0.6 is 0 Å². The predicted molar refractivity (Wildman–Crippen MR) is 72.1 cm³/mol. The molecule has 5 heteroatoms. The van der Waals surface area contributed by atoms with E-state index in [2.05, 4.69) is 20.6 Å². The average Bonchev–Trinajstić information content (AvgIpc) is 2.82. The Labute approximate surface area is 108 Å². The summed E-state index contributed by atoms with van der Waals surface area (Å²) in [5.41, 5.74) is 0.926. The molecule has 0 amide bonds. The Hall–Kier alpha value is -1.36. The first-order chi connectivity index (χ1) is 8.78. The second-order valence-corrected chi connectivity index (χ2v) is 4.61. The molecule has 18 heavy (non-hydrogen) atoms. The Bertz CT molecular complexity index is 377. The van der Waals surface area contributed by atoms with Gasteiger partial charge >= 0.3 is 0 Å². The molecule has 1 fully saturated rings. The summed E-state index contributed by atoms with van der Waals surface area (Å²) in [6, 6.07) is 2.50. The van der Waals surface area contributed by atoms with E-state index in [-0.39, 0.29) is 0 Å². The molecule has 1 atom stereocenters. The van der Waals surface area contributed by atoms with Crippen molar-refractivity contribution in [2.45, 2.75) is 39.2 Å². The van der Waals surface area contributed by atoms with Crippen LogP contribution in [0.25, 0.3) is 0 Å². The first kappa shape index (κ1) is 13.1. The monoisotopic (exact) mass is 250 g/mol. The highest BCUT2D eigenvalue weighted by molar-refractivity contribution is 5.30. The Morgan fingerprint density at radius 1 is 1.50 bits per heavy atom. The number of hydrogen-bond donors (Lipinski definition) is 2. The van der Waals surface area contributed by atoms with Gasteiger partial charge in [-0.3, -0.25) is 0 Å². The number of ether oxygens (including phenoxy) is 1. The molecule has 2 rings (SSSR count). The number of rotatable bonds is 6. The molecule has 2 N–H and O–H groups in total. The minimum Gasteiger partial charge on any atom is -0.478 e. The lowest BCUT2D eigenvalue weighted by Gasteiger charge is -2.11. The molecule has 100 valence electrons. The zero-order chi connectivity index (χ0) is 12.8. The number of hydrogen-bond acceptors (Lipinski definition) is 5. The van der Waals surface area contributed by atoms with Crippen LogP contribution < -0.4 is 15.4 Å². The molecule has 1 saturated heterocycles. The van der Waals surface area contributed by atoms with Crippen LogP contribution in [0.4, 0.5) is 5.95 Å². The van der Waals surface area contributed by atoms with Crippen molar-refractivity contribution >= 4 is 5.95 Å². The predicted octanol–water partition coefficient (Wildman–Crippen LogP) is 1.74. The second-order valence-electron chi connectivity index (χ2n) is 4.61. The zero-order valence-corrected chi connectivity index (χ0v) is 11.2. The fraction of sp³-hybridized carbons (Fsp3) is 0.692. The van der Waals surface area contributed by atoms with Crippen LogP contribution in [0.3, 0.4) is 0 Å². The first-order valence-corrected chi connectivity index (χ1v) is 6.73. The lowest BCUT2D eigenvalue weighted by Crippen LogP contribution is -2.24. The molecule has 5 nitrogen and oxygen atoms in total. The maximum Gasteiger partial charge on any atom is 0.226 e. The molecule has 2 heterocycles. The van der Waals surface area contributed by atoms with E-state index in [0.29, 0.717) is 24.5 Å². The van der Waals surface area contributed by atoms with Crippen LogP contribution in [-0.4, -0.2) is 35.7 Å². The van der Waals surface area contributed by atoms with Crippen LogP contribution in [0.2, 0.25) is 0 Å². The van der Waals surface area contributed by atoms with Gasteiger partial charge in [0.1, 0.15) is 0 Å². The molecule has 1 aliphatic heterocycles. The summed E-state index contributed by atoms with van der Waals surface area (Å²) < 4.78 is 5.40. The maximum absolute atomic E-state index is 5.40. The third-order valence-corrected chi connectivity index (χ3v) is 3.06. The maximum atomic E-state index is 5.40. The summed E-state index contributed by atoms with van der Waals surface area (Å²) in [4.78, 5) is 8.68. The van der Waals surface area contributed by atoms with Gasteiger partial charge in [-0.05, 0) is 39.7 Å². The molecule has 0 bridgehead atoms. The van der Waals surface area contributed by atoms with E-state index in [4.69, 9.17) is 4.74 Å². The molecule has 0 aliphatic carbocycles. The van der Waals surface area contributed by atoms with Crippen LogP contribution in [0.5, 0.6) is 5.88 Å². The van der Waals surface area contributed by atoms with Crippen molar-refractivity contribution in [2.24, 2.45) is 0 Å². The average molecular weight is 250 g/mol. The summed E-state index contributed by atoms with van der Waals surface area (Å²) in [5, 5.41) is 6.75. The van der Waals surface area contributed by atoms with Crippen molar-refractivity contribution in [1.29, 1.82) is 0 Å². The summed E-state index contributed by atoms with van der Waals surface area (Å²) in [6.07, 6.45) is 3.68. The molecule has 1 aliphatic rings. The lowest BCUT2D eigenvalue weighted by atomic mass is 10.1. The minimum absolute atomic E-state index is 0.627. The number of aryl methyl sites for hydroxylation is 1. The number of nitrogens with one attached hydrogen (secondary N) is 2. The highest BCUT2D eigenvalue weighted by atomic mass is 16.5. The van der Waals surface area contributed by atoms with E-state index in [9.17, 15) is 0 Å². The van der Waals surface area contributed by atoms with E-state index in [1.807, 2.05) is 19.9 Å². The van der Waals surface area contributed by atoms with Crippen LogP contribution in [0, 0.1) is 6.92 Å². The molecule has 0 radical (unpaired) electrons.